The van der Waals surface area contributed by atoms with E-state index < -0.39 is 11.9 Å². The van der Waals surface area contributed by atoms with Crippen molar-refractivity contribution in [3.63, 3.8) is 0 Å². The summed E-state index contributed by atoms with van der Waals surface area (Å²) in [4.78, 5) is 38.7. The lowest BCUT2D eigenvalue weighted by Gasteiger charge is -2.35. The molecule has 1 aliphatic rings. The monoisotopic (exact) mass is 454 g/mol. The molecule has 3 rings (SSSR count). The summed E-state index contributed by atoms with van der Waals surface area (Å²) in [6.45, 7) is 3.63. The summed E-state index contributed by atoms with van der Waals surface area (Å²) in [7, 11) is 0. The molecule has 1 saturated heterocycles. The Balaban J connectivity index is 1.48. The lowest BCUT2D eigenvalue weighted by atomic mass is 10.0. The van der Waals surface area contributed by atoms with Crippen LogP contribution in [0.25, 0.3) is 0 Å². The molecule has 176 valence electrons. The molecule has 0 unspecified atom stereocenters. The van der Waals surface area contributed by atoms with Gasteiger partial charge in [0.25, 0.3) is 0 Å². The van der Waals surface area contributed by atoms with Crippen molar-refractivity contribution in [2.45, 2.75) is 32.2 Å². The normalized spacial score (nSPS) is 14.5. The van der Waals surface area contributed by atoms with E-state index in [2.05, 4.69) is 0 Å². The van der Waals surface area contributed by atoms with Gasteiger partial charge in [-0.25, -0.2) is 5.48 Å². The van der Waals surface area contributed by atoms with E-state index in [4.69, 9.17) is 15.7 Å². The molecule has 33 heavy (non-hydrogen) atoms. The van der Waals surface area contributed by atoms with E-state index in [9.17, 15) is 14.4 Å². The quantitative estimate of drug-likeness (QED) is 0.410. The van der Waals surface area contributed by atoms with Crippen LogP contribution in [0.4, 0.5) is 0 Å². The third-order valence-electron chi connectivity index (χ3n) is 5.66. The number of nitrogens with one attached hydrogen (secondary N) is 1. The van der Waals surface area contributed by atoms with Gasteiger partial charge in [-0.2, -0.15) is 0 Å². The van der Waals surface area contributed by atoms with Crippen LogP contribution in [0.5, 0.6) is 11.5 Å². The van der Waals surface area contributed by atoms with Crippen LogP contribution < -0.4 is 16.0 Å². The fraction of sp³-hybridized carbons (Fsp3) is 0.375. The molecule has 9 heteroatoms. The van der Waals surface area contributed by atoms with E-state index in [1.807, 2.05) is 48.5 Å². The Morgan fingerprint density at radius 3 is 1.97 bits per heavy atom. The maximum atomic E-state index is 12.7. The van der Waals surface area contributed by atoms with Crippen LogP contribution in [0.2, 0.25) is 0 Å². The molecular formula is C24H30N4O5. The summed E-state index contributed by atoms with van der Waals surface area (Å²) in [5.41, 5.74) is 9.67. The number of nitrogens with two attached hydrogens (primary N) is 1. The van der Waals surface area contributed by atoms with Crippen molar-refractivity contribution in [3.05, 3.63) is 59.7 Å². The molecule has 1 heterocycles. The van der Waals surface area contributed by atoms with Crippen molar-refractivity contribution >= 4 is 17.7 Å². The molecule has 1 aliphatic heterocycles. The van der Waals surface area contributed by atoms with Gasteiger partial charge in [-0.05, 0) is 48.2 Å². The van der Waals surface area contributed by atoms with E-state index in [0.717, 1.165) is 11.1 Å². The van der Waals surface area contributed by atoms with E-state index in [0.29, 0.717) is 50.5 Å². The Morgan fingerprint density at radius 1 is 0.939 bits per heavy atom. The largest absolute Gasteiger partial charge is 0.457 e. The van der Waals surface area contributed by atoms with Gasteiger partial charge in [0.05, 0.1) is 6.04 Å². The number of nitrogens with zero attached hydrogens (tertiary/aromatic N) is 2. The first-order valence-corrected chi connectivity index (χ1v) is 10.9. The molecule has 3 amide bonds. The second-order valence-corrected chi connectivity index (χ2v) is 8.07. The molecular weight excluding hydrogens is 424 g/mol. The second-order valence-electron chi connectivity index (χ2n) is 8.07. The first kappa shape index (κ1) is 24.2. The molecule has 0 spiro atoms. The number of benzene rings is 2. The van der Waals surface area contributed by atoms with Gasteiger partial charge in [0.1, 0.15) is 11.5 Å². The second kappa shape index (κ2) is 11.4. The maximum absolute atomic E-state index is 12.7. The first-order chi connectivity index (χ1) is 15.9. The highest BCUT2D eigenvalue weighted by Crippen LogP contribution is 2.23. The summed E-state index contributed by atoms with van der Waals surface area (Å²) in [5, 5.41) is 8.54. The van der Waals surface area contributed by atoms with Gasteiger partial charge in [-0.3, -0.25) is 19.6 Å². The lowest BCUT2D eigenvalue weighted by molar-refractivity contribution is -0.139. The molecule has 0 radical (unpaired) electrons. The molecule has 4 N–H and O–H groups in total. The smallest absolute Gasteiger partial charge is 0.243 e. The van der Waals surface area contributed by atoms with Gasteiger partial charge in [0.2, 0.25) is 17.7 Å². The Hall–Kier alpha value is -3.43. The van der Waals surface area contributed by atoms with Crippen molar-refractivity contribution < 1.29 is 24.3 Å². The van der Waals surface area contributed by atoms with Crippen LogP contribution in [0, 0.1) is 0 Å². The van der Waals surface area contributed by atoms with Gasteiger partial charge in [0, 0.05) is 39.5 Å². The molecule has 0 aliphatic carbocycles. The number of hydrogen-bond donors (Lipinski definition) is 3. The SMILES string of the molecule is CC(=O)N1CCN(C(=O)[C@@H](N)Cc2ccc(Oc3ccc(CCC(=O)NO)cc3)cc2)CC1. The highest BCUT2D eigenvalue weighted by molar-refractivity contribution is 5.82. The van der Waals surface area contributed by atoms with E-state index in [1.54, 1.807) is 15.3 Å². The Labute approximate surface area is 193 Å². The zero-order valence-electron chi connectivity index (χ0n) is 18.7. The maximum Gasteiger partial charge on any atom is 0.243 e. The molecule has 0 bridgehead atoms. The average molecular weight is 455 g/mol. The van der Waals surface area contributed by atoms with Crippen molar-refractivity contribution in [1.29, 1.82) is 0 Å². The molecule has 1 fully saturated rings. The number of rotatable bonds is 8. The van der Waals surface area contributed by atoms with Crippen LogP contribution in [-0.4, -0.2) is 64.9 Å². The Morgan fingerprint density at radius 2 is 1.45 bits per heavy atom. The number of aryl methyl sites for hydroxylation is 1. The third kappa shape index (κ3) is 7.03. The first-order valence-electron chi connectivity index (χ1n) is 10.9. The number of carbonyl (C=O) groups excluding carboxylic acids is 3. The standard InChI is InChI=1S/C24H30N4O5/c1-17(29)27-12-14-28(15-13-27)24(31)22(25)16-19-4-9-21(10-5-19)33-20-7-2-18(3-8-20)6-11-23(30)26-32/h2-5,7-10,22,32H,6,11-16,25H2,1H3,(H,26,30)/t22-/m0/s1. The molecule has 0 aromatic heterocycles. The van der Waals surface area contributed by atoms with Crippen molar-refractivity contribution in [1.82, 2.24) is 15.3 Å². The van der Waals surface area contributed by atoms with Gasteiger partial charge >= 0.3 is 0 Å². The average Bonchev–Trinajstić information content (AvgIpc) is 2.84. The van der Waals surface area contributed by atoms with Crippen molar-refractivity contribution in [2.24, 2.45) is 5.73 Å². The third-order valence-corrected chi connectivity index (χ3v) is 5.66. The minimum atomic E-state index is -0.638. The number of carbonyl (C=O) groups is 3. The molecule has 2 aromatic rings. The van der Waals surface area contributed by atoms with Gasteiger partial charge in [0.15, 0.2) is 0 Å². The zero-order chi connectivity index (χ0) is 23.8. The fourth-order valence-corrected chi connectivity index (χ4v) is 3.69. The Bertz CT molecular complexity index is 954. The highest BCUT2D eigenvalue weighted by atomic mass is 16.5. The predicted molar refractivity (Wildman–Crippen MR) is 122 cm³/mol. The summed E-state index contributed by atoms with van der Waals surface area (Å²) in [5.74, 6) is 0.820. The molecule has 0 saturated carbocycles. The van der Waals surface area contributed by atoms with Crippen LogP contribution >= 0.6 is 0 Å². The summed E-state index contributed by atoms with van der Waals surface area (Å²) >= 11 is 0. The summed E-state index contributed by atoms with van der Waals surface area (Å²) in [6.07, 6.45) is 1.15. The minimum Gasteiger partial charge on any atom is -0.457 e. The van der Waals surface area contributed by atoms with Crippen LogP contribution in [0.3, 0.4) is 0 Å². The van der Waals surface area contributed by atoms with Crippen LogP contribution in [0.15, 0.2) is 48.5 Å². The number of ether oxygens (including phenoxy) is 1. The summed E-state index contributed by atoms with van der Waals surface area (Å²) < 4.78 is 5.85. The van der Waals surface area contributed by atoms with Crippen molar-refractivity contribution in [3.8, 4) is 11.5 Å². The van der Waals surface area contributed by atoms with Gasteiger partial charge in [-0.1, -0.05) is 24.3 Å². The highest BCUT2D eigenvalue weighted by Gasteiger charge is 2.26. The van der Waals surface area contributed by atoms with Gasteiger partial charge < -0.3 is 20.3 Å². The number of amides is 3. The number of piperazine rings is 1. The Kier molecular flexibility index (Phi) is 8.39. The van der Waals surface area contributed by atoms with Crippen LogP contribution in [-0.2, 0) is 27.2 Å². The predicted octanol–water partition coefficient (Wildman–Crippen LogP) is 1.48. The minimum absolute atomic E-state index is 0.0248. The van der Waals surface area contributed by atoms with E-state index in [-0.39, 0.29) is 18.2 Å². The van der Waals surface area contributed by atoms with Crippen molar-refractivity contribution in [2.75, 3.05) is 26.2 Å². The lowest BCUT2D eigenvalue weighted by Crippen LogP contribution is -2.54. The van der Waals surface area contributed by atoms with Gasteiger partial charge in [-0.15, -0.1) is 0 Å². The molecule has 2 aromatic carbocycles. The number of hydrogen-bond acceptors (Lipinski definition) is 6. The fourth-order valence-electron chi connectivity index (χ4n) is 3.69. The zero-order valence-corrected chi connectivity index (χ0v) is 18.7. The molecule has 9 nitrogen and oxygen atoms in total. The molecule has 1 atom stereocenters. The topological polar surface area (TPSA) is 125 Å². The van der Waals surface area contributed by atoms with Crippen LogP contribution in [0.1, 0.15) is 24.5 Å². The van der Waals surface area contributed by atoms with E-state index >= 15 is 0 Å². The van der Waals surface area contributed by atoms with E-state index in [1.165, 1.54) is 6.92 Å². The number of hydroxylamine groups is 1. The summed E-state index contributed by atoms with van der Waals surface area (Å²) in [6, 6.07) is 14.2.